The summed E-state index contributed by atoms with van der Waals surface area (Å²) in [6, 6.07) is 7.19. The van der Waals surface area contributed by atoms with E-state index in [1.165, 1.54) is 37.8 Å². The summed E-state index contributed by atoms with van der Waals surface area (Å²) in [7, 11) is 0. The van der Waals surface area contributed by atoms with Crippen LogP contribution in [-0.2, 0) is 6.54 Å². The molecule has 0 amide bonds. The van der Waals surface area contributed by atoms with E-state index in [0.717, 1.165) is 12.1 Å². The van der Waals surface area contributed by atoms with Crippen molar-refractivity contribution in [2.45, 2.75) is 49.9 Å². The molecule has 1 fully saturated rings. The van der Waals surface area contributed by atoms with Crippen LogP contribution in [0.25, 0.3) is 0 Å². The Morgan fingerprint density at radius 3 is 2.53 bits per heavy atom. The van der Waals surface area contributed by atoms with Crippen LogP contribution in [-0.4, -0.2) is 17.5 Å². The molecule has 0 saturated heterocycles. The minimum Gasteiger partial charge on any atom is -0.309 e. The monoisotopic (exact) mass is 285 g/mol. The third kappa shape index (κ3) is 4.18. The van der Waals surface area contributed by atoms with E-state index in [-0.39, 0.29) is 5.56 Å². The molecule has 0 spiro atoms. The average molecular weight is 285 g/mol. The Balaban J connectivity index is 1.87. The quantitative estimate of drug-likeness (QED) is 0.861. The Bertz CT molecular complexity index is 380. The van der Waals surface area contributed by atoms with Gasteiger partial charge in [-0.1, -0.05) is 37.1 Å². The summed E-state index contributed by atoms with van der Waals surface area (Å²) >= 11 is 1.93. The summed E-state index contributed by atoms with van der Waals surface area (Å²) in [4.78, 5) is 0. The molecule has 0 radical (unpaired) electrons. The van der Waals surface area contributed by atoms with Crippen LogP contribution < -0.4 is 5.32 Å². The van der Waals surface area contributed by atoms with Gasteiger partial charge in [0.2, 0.25) is 0 Å². The summed E-state index contributed by atoms with van der Waals surface area (Å²) < 4.78 is 24.9. The van der Waals surface area contributed by atoms with Crippen LogP contribution in [0.4, 0.5) is 8.78 Å². The molecule has 0 heterocycles. The Labute approximate surface area is 118 Å². The Kier molecular flexibility index (Phi) is 5.64. The van der Waals surface area contributed by atoms with Gasteiger partial charge in [-0.25, -0.2) is 8.78 Å². The summed E-state index contributed by atoms with van der Waals surface area (Å²) in [6.45, 7) is 0.769. The molecule has 1 N–H and O–H groups in total. The van der Waals surface area contributed by atoms with Gasteiger partial charge in [-0.15, -0.1) is 0 Å². The SMILES string of the molecule is CSC1CCCCC1NCc1ccc(C(F)F)cc1. The number of thioether (sulfide) groups is 1. The molecule has 19 heavy (non-hydrogen) atoms. The lowest BCUT2D eigenvalue weighted by Gasteiger charge is -2.31. The van der Waals surface area contributed by atoms with Gasteiger partial charge >= 0.3 is 0 Å². The highest BCUT2D eigenvalue weighted by molar-refractivity contribution is 7.99. The maximum Gasteiger partial charge on any atom is 0.263 e. The molecule has 1 nitrogen and oxygen atoms in total. The maximum absolute atomic E-state index is 12.5. The highest BCUT2D eigenvalue weighted by Gasteiger charge is 2.23. The van der Waals surface area contributed by atoms with Crippen LogP contribution in [0.1, 0.15) is 43.2 Å². The van der Waals surface area contributed by atoms with E-state index in [4.69, 9.17) is 0 Å². The van der Waals surface area contributed by atoms with Crippen molar-refractivity contribution >= 4 is 11.8 Å². The zero-order chi connectivity index (χ0) is 13.7. The molecule has 1 saturated carbocycles. The first-order chi connectivity index (χ1) is 9.20. The molecule has 1 aromatic carbocycles. The van der Waals surface area contributed by atoms with Crippen molar-refractivity contribution in [3.05, 3.63) is 35.4 Å². The van der Waals surface area contributed by atoms with E-state index in [0.29, 0.717) is 11.3 Å². The summed E-state index contributed by atoms with van der Waals surface area (Å²) in [5, 5.41) is 4.27. The number of nitrogens with one attached hydrogen (secondary N) is 1. The highest BCUT2D eigenvalue weighted by atomic mass is 32.2. The van der Waals surface area contributed by atoms with Gasteiger partial charge in [-0.2, -0.15) is 11.8 Å². The fraction of sp³-hybridized carbons (Fsp3) is 0.600. The van der Waals surface area contributed by atoms with E-state index < -0.39 is 6.43 Å². The molecule has 1 aliphatic rings. The highest BCUT2D eigenvalue weighted by Crippen LogP contribution is 2.27. The van der Waals surface area contributed by atoms with Crippen molar-refractivity contribution in [2.24, 2.45) is 0 Å². The van der Waals surface area contributed by atoms with Gasteiger partial charge in [0.25, 0.3) is 6.43 Å². The number of hydrogen-bond acceptors (Lipinski definition) is 2. The van der Waals surface area contributed by atoms with E-state index in [1.807, 2.05) is 11.8 Å². The Morgan fingerprint density at radius 2 is 1.89 bits per heavy atom. The van der Waals surface area contributed by atoms with Gasteiger partial charge in [0.15, 0.2) is 0 Å². The van der Waals surface area contributed by atoms with Gasteiger partial charge < -0.3 is 5.32 Å². The van der Waals surface area contributed by atoms with Crippen molar-refractivity contribution in [3.8, 4) is 0 Å². The van der Waals surface area contributed by atoms with E-state index in [2.05, 4.69) is 11.6 Å². The van der Waals surface area contributed by atoms with Gasteiger partial charge in [0, 0.05) is 23.4 Å². The number of hydrogen-bond donors (Lipinski definition) is 1. The molecular weight excluding hydrogens is 264 g/mol. The molecule has 2 unspecified atom stereocenters. The third-order valence-corrected chi connectivity index (χ3v) is 4.98. The minimum absolute atomic E-state index is 0.100. The molecule has 4 heteroatoms. The van der Waals surface area contributed by atoms with E-state index >= 15 is 0 Å². The zero-order valence-corrected chi connectivity index (χ0v) is 12.1. The first-order valence-corrected chi connectivity index (χ1v) is 8.12. The van der Waals surface area contributed by atoms with Crippen LogP contribution in [0.15, 0.2) is 24.3 Å². The van der Waals surface area contributed by atoms with Crippen LogP contribution in [0, 0.1) is 0 Å². The zero-order valence-electron chi connectivity index (χ0n) is 11.2. The van der Waals surface area contributed by atoms with E-state index in [9.17, 15) is 8.78 Å². The lowest BCUT2D eigenvalue weighted by atomic mass is 9.94. The fourth-order valence-corrected chi connectivity index (χ4v) is 3.61. The third-order valence-electron chi connectivity index (χ3n) is 3.81. The molecule has 2 atom stereocenters. The van der Waals surface area contributed by atoms with E-state index in [1.54, 1.807) is 12.1 Å². The van der Waals surface area contributed by atoms with Crippen molar-refractivity contribution in [3.63, 3.8) is 0 Å². The number of rotatable bonds is 5. The fourth-order valence-electron chi connectivity index (χ4n) is 2.64. The predicted molar refractivity (Wildman–Crippen MR) is 77.8 cm³/mol. The molecule has 106 valence electrons. The number of alkyl halides is 2. The first-order valence-electron chi connectivity index (χ1n) is 6.84. The Hall–Kier alpha value is -0.610. The van der Waals surface area contributed by atoms with Crippen molar-refractivity contribution in [1.82, 2.24) is 5.32 Å². The van der Waals surface area contributed by atoms with Crippen molar-refractivity contribution in [1.29, 1.82) is 0 Å². The molecule has 0 aromatic heterocycles. The molecule has 1 aromatic rings. The topological polar surface area (TPSA) is 12.0 Å². The van der Waals surface area contributed by atoms with Crippen molar-refractivity contribution in [2.75, 3.05) is 6.26 Å². The molecule has 2 rings (SSSR count). The summed E-state index contributed by atoms with van der Waals surface area (Å²) in [5.41, 5.74) is 1.18. The Morgan fingerprint density at radius 1 is 1.21 bits per heavy atom. The predicted octanol–water partition coefficient (Wildman–Crippen LogP) is 4.39. The van der Waals surface area contributed by atoms with Crippen molar-refractivity contribution < 1.29 is 8.78 Å². The number of benzene rings is 1. The maximum atomic E-state index is 12.5. The van der Waals surface area contributed by atoms with Crippen LogP contribution in [0.5, 0.6) is 0 Å². The van der Waals surface area contributed by atoms with Crippen LogP contribution in [0.3, 0.4) is 0 Å². The summed E-state index contributed by atoms with van der Waals surface area (Å²) in [5.74, 6) is 0. The molecular formula is C15H21F2NS. The van der Waals surface area contributed by atoms with Crippen LogP contribution >= 0.6 is 11.8 Å². The minimum atomic E-state index is -2.37. The molecule has 0 aliphatic heterocycles. The number of halogens is 2. The second-order valence-corrected chi connectivity index (χ2v) is 6.17. The average Bonchev–Trinajstić information content (AvgIpc) is 2.45. The second kappa shape index (κ2) is 7.25. The summed E-state index contributed by atoms with van der Waals surface area (Å²) in [6.07, 6.45) is 4.92. The van der Waals surface area contributed by atoms with Crippen LogP contribution in [0.2, 0.25) is 0 Å². The lowest BCUT2D eigenvalue weighted by Crippen LogP contribution is -2.39. The van der Waals surface area contributed by atoms with Gasteiger partial charge in [-0.05, 0) is 24.7 Å². The largest absolute Gasteiger partial charge is 0.309 e. The first kappa shape index (κ1) is 14.8. The van der Waals surface area contributed by atoms with Gasteiger partial charge in [0.1, 0.15) is 0 Å². The molecule has 0 bridgehead atoms. The molecule has 1 aliphatic carbocycles. The smallest absolute Gasteiger partial charge is 0.263 e. The van der Waals surface area contributed by atoms with Gasteiger partial charge in [0.05, 0.1) is 0 Å². The second-order valence-electron chi connectivity index (χ2n) is 5.09. The lowest BCUT2D eigenvalue weighted by molar-refractivity contribution is 0.151. The van der Waals surface area contributed by atoms with Gasteiger partial charge in [-0.3, -0.25) is 0 Å². The standard InChI is InChI=1S/C15H21F2NS/c1-19-14-5-3-2-4-13(14)18-10-11-6-8-12(9-7-11)15(16)17/h6-9,13-15,18H,2-5,10H2,1H3. The normalized spacial score (nSPS) is 23.8.